The Hall–Kier alpha value is -2.49. The fourth-order valence-electron chi connectivity index (χ4n) is 2.31. The fraction of sp³-hybridized carbons (Fsp3) is 0.167. The van der Waals surface area contributed by atoms with Crippen molar-refractivity contribution in [1.29, 1.82) is 0 Å². The van der Waals surface area contributed by atoms with Gasteiger partial charge >= 0.3 is 6.18 Å². The molecule has 25 heavy (non-hydrogen) atoms. The Bertz CT molecular complexity index is 785. The van der Waals surface area contributed by atoms with Crippen LogP contribution in [0.3, 0.4) is 0 Å². The quantitative estimate of drug-likeness (QED) is 0.783. The van der Waals surface area contributed by atoms with E-state index in [4.69, 9.17) is 18.0 Å². The van der Waals surface area contributed by atoms with E-state index in [0.29, 0.717) is 5.56 Å². The van der Waals surface area contributed by atoms with Crippen LogP contribution in [0.15, 0.2) is 48.5 Å². The van der Waals surface area contributed by atoms with E-state index >= 15 is 0 Å². The van der Waals surface area contributed by atoms with Crippen molar-refractivity contribution in [1.82, 2.24) is 0 Å². The van der Waals surface area contributed by atoms with E-state index < -0.39 is 23.7 Å². The first-order chi connectivity index (χ1) is 11.8. The Morgan fingerprint density at radius 2 is 1.92 bits per heavy atom. The van der Waals surface area contributed by atoms with Gasteiger partial charge in [0.05, 0.1) is 11.3 Å². The minimum Gasteiger partial charge on any atom is -0.322 e. The summed E-state index contributed by atoms with van der Waals surface area (Å²) in [4.78, 5) is 12.6. The molecule has 0 aromatic heterocycles. The van der Waals surface area contributed by atoms with Gasteiger partial charge in [-0.3, -0.25) is 4.79 Å². The van der Waals surface area contributed by atoms with Gasteiger partial charge in [-0.2, -0.15) is 13.2 Å². The van der Waals surface area contributed by atoms with Crippen LogP contribution in [-0.2, 0) is 11.0 Å². The summed E-state index contributed by atoms with van der Waals surface area (Å²) in [6, 6.07) is 11.1. The van der Waals surface area contributed by atoms with E-state index in [1.165, 1.54) is 6.07 Å². The van der Waals surface area contributed by atoms with Crippen LogP contribution in [0, 0.1) is 12.3 Å². The molecule has 3 N–H and O–H groups in total. The topological polar surface area (TPSA) is 45.7 Å². The van der Waals surface area contributed by atoms with Gasteiger partial charge in [0.25, 0.3) is 5.91 Å². The number of benzene rings is 2. The normalized spacial score (nSPS) is 12.3. The Kier molecular flexibility index (Phi) is 6.07. The summed E-state index contributed by atoms with van der Waals surface area (Å²) in [5, 5.41) is 3.85. The van der Waals surface area contributed by atoms with Gasteiger partial charge in [-0.1, -0.05) is 41.9 Å². The van der Waals surface area contributed by atoms with Gasteiger partial charge in [0, 0.05) is 10.6 Å². The van der Waals surface area contributed by atoms with Gasteiger partial charge in [0.1, 0.15) is 6.54 Å². The number of nitrogens with one attached hydrogen (secondary N) is 1. The fourth-order valence-corrected chi connectivity index (χ4v) is 2.48. The smallest absolute Gasteiger partial charge is 0.322 e. The highest BCUT2D eigenvalue weighted by Gasteiger charge is 2.35. The molecular weight excluding hydrogens is 353 g/mol. The van der Waals surface area contributed by atoms with Crippen LogP contribution in [0.2, 0.25) is 5.02 Å². The van der Waals surface area contributed by atoms with Crippen LogP contribution < -0.4 is 10.6 Å². The summed E-state index contributed by atoms with van der Waals surface area (Å²) < 4.78 is 39.5. The maximum absolute atomic E-state index is 13.2. The summed E-state index contributed by atoms with van der Waals surface area (Å²) in [7, 11) is 0. The summed E-state index contributed by atoms with van der Waals surface area (Å²) in [5.41, 5.74) is -0.716. The standard InChI is InChI=1S/C18H14ClF3N2O/c1-2-10-23-16(12-6-4-3-5-7-12)17(25)24-15-9-8-13(19)11-14(15)18(20,21)22/h1,3-9,11,16,23H,10H2,(H,24,25)/p+1/t16-/m0/s1. The number of hydrogen-bond acceptors (Lipinski definition) is 1. The average molecular weight is 368 g/mol. The molecule has 0 saturated carbocycles. The number of carbonyl (C=O) groups is 1. The zero-order valence-corrected chi connectivity index (χ0v) is 13.7. The van der Waals surface area contributed by atoms with E-state index in [1.54, 1.807) is 35.6 Å². The number of rotatable bonds is 5. The largest absolute Gasteiger partial charge is 0.418 e. The van der Waals surface area contributed by atoms with E-state index in [2.05, 4.69) is 11.2 Å². The number of nitrogens with two attached hydrogens (primary N) is 1. The van der Waals surface area contributed by atoms with Gasteiger partial charge < -0.3 is 10.6 Å². The first-order valence-electron chi connectivity index (χ1n) is 7.32. The number of hydrogen-bond donors (Lipinski definition) is 2. The Balaban J connectivity index is 2.32. The van der Waals surface area contributed by atoms with Crippen LogP contribution >= 0.6 is 11.6 Å². The molecule has 0 saturated heterocycles. The first kappa shape index (κ1) is 18.8. The first-order valence-corrected chi connectivity index (χ1v) is 7.70. The molecule has 0 unspecified atom stereocenters. The van der Waals surface area contributed by atoms with Gasteiger partial charge in [0.15, 0.2) is 6.04 Å². The zero-order chi connectivity index (χ0) is 18.4. The highest BCUT2D eigenvalue weighted by Crippen LogP contribution is 2.36. The van der Waals surface area contributed by atoms with Crippen molar-refractivity contribution in [3.8, 4) is 12.3 Å². The number of halogens is 4. The third-order valence-electron chi connectivity index (χ3n) is 3.46. The Labute approximate surface area is 148 Å². The molecule has 2 rings (SSSR count). The van der Waals surface area contributed by atoms with Crippen LogP contribution in [0.5, 0.6) is 0 Å². The van der Waals surface area contributed by atoms with Gasteiger partial charge in [-0.15, -0.1) is 6.42 Å². The summed E-state index contributed by atoms with van der Waals surface area (Å²) in [6.07, 6.45) is 0.588. The minimum absolute atomic E-state index is 0.0659. The number of anilines is 1. The highest BCUT2D eigenvalue weighted by molar-refractivity contribution is 6.30. The van der Waals surface area contributed by atoms with Gasteiger partial charge in [-0.05, 0) is 24.1 Å². The summed E-state index contributed by atoms with van der Waals surface area (Å²) >= 11 is 5.65. The average Bonchev–Trinajstić information content (AvgIpc) is 2.57. The van der Waals surface area contributed by atoms with Crippen LogP contribution in [-0.4, -0.2) is 12.5 Å². The summed E-state index contributed by atoms with van der Waals surface area (Å²) in [6.45, 7) is 0.208. The molecule has 0 aliphatic heterocycles. The molecule has 0 bridgehead atoms. The van der Waals surface area contributed by atoms with Crippen molar-refractivity contribution in [2.75, 3.05) is 11.9 Å². The van der Waals surface area contributed by atoms with Crippen LogP contribution in [0.1, 0.15) is 17.2 Å². The van der Waals surface area contributed by atoms with Crippen molar-refractivity contribution in [2.24, 2.45) is 0 Å². The Morgan fingerprint density at radius 1 is 1.24 bits per heavy atom. The number of alkyl halides is 3. The van der Waals surface area contributed by atoms with Gasteiger partial charge in [-0.25, -0.2) is 0 Å². The molecule has 3 nitrogen and oxygen atoms in total. The van der Waals surface area contributed by atoms with Crippen molar-refractivity contribution in [2.45, 2.75) is 12.2 Å². The van der Waals surface area contributed by atoms with E-state index in [-0.39, 0.29) is 17.3 Å². The number of terminal acetylenes is 1. The molecule has 0 fully saturated rings. The van der Waals surface area contributed by atoms with Crippen molar-refractivity contribution in [3.05, 3.63) is 64.7 Å². The monoisotopic (exact) mass is 367 g/mol. The maximum Gasteiger partial charge on any atom is 0.418 e. The molecule has 2 aromatic carbocycles. The van der Waals surface area contributed by atoms with Crippen molar-refractivity contribution in [3.63, 3.8) is 0 Å². The van der Waals surface area contributed by atoms with Crippen LogP contribution in [0.4, 0.5) is 18.9 Å². The highest BCUT2D eigenvalue weighted by atomic mass is 35.5. The Morgan fingerprint density at radius 3 is 2.52 bits per heavy atom. The SMILES string of the molecule is C#CC[NH2+][C@H](C(=O)Nc1ccc(Cl)cc1C(F)(F)F)c1ccccc1. The molecule has 130 valence electrons. The third-order valence-corrected chi connectivity index (χ3v) is 3.69. The van der Waals surface area contributed by atoms with Crippen molar-refractivity contribution < 1.29 is 23.3 Å². The molecule has 0 heterocycles. The summed E-state index contributed by atoms with van der Waals surface area (Å²) in [5.74, 6) is 1.79. The predicted molar refractivity (Wildman–Crippen MR) is 89.9 cm³/mol. The molecule has 2 aromatic rings. The lowest BCUT2D eigenvalue weighted by atomic mass is 10.1. The molecular formula is C18H15ClF3N2O+. The second kappa shape index (κ2) is 8.06. The van der Waals surface area contributed by atoms with E-state index in [9.17, 15) is 18.0 Å². The lowest BCUT2D eigenvalue weighted by Gasteiger charge is -2.18. The maximum atomic E-state index is 13.2. The zero-order valence-electron chi connectivity index (χ0n) is 13.0. The molecule has 7 heteroatoms. The molecule has 0 radical (unpaired) electrons. The molecule has 1 amide bonds. The second-order valence-electron chi connectivity index (χ2n) is 5.21. The molecule has 0 aliphatic rings. The predicted octanol–water partition coefficient (Wildman–Crippen LogP) is 3.24. The molecule has 0 aliphatic carbocycles. The van der Waals surface area contributed by atoms with Gasteiger partial charge in [0.2, 0.25) is 0 Å². The minimum atomic E-state index is -4.64. The van der Waals surface area contributed by atoms with E-state index in [0.717, 1.165) is 12.1 Å². The lowest BCUT2D eigenvalue weighted by Crippen LogP contribution is -2.87. The van der Waals surface area contributed by atoms with Crippen LogP contribution in [0.25, 0.3) is 0 Å². The van der Waals surface area contributed by atoms with Crippen molar-refractivity contribution >= 4 is 23.2 Å². The molecule has 0 spiro atoms. The molecule has 1 atom stereocenters. The number of quaternary nitrogens is 1. The lowest BCUT2D eigenvalue weighted by molar-refractivity contribution is -0.672. The third kappa shape index (κ3) is 4.99. The van der Waals surface area contributed by atoms with E-state index in [1.807, 2.05) is 0 Å². The second-order valence-corrected chi connectivity index (χ2v) is 5.65. The number of amides is 1. The number of carbonyl (C=O) groups excluding carboxylic acids is 1.